The van der Waals surface area contributed by atoms with Crippen LogP contribution in [-0.2, 0) is 6.54 Å². The van der Waals surface area contributed by atoms with Gasteiger partial charge in [-0.3, -0.25) is 9.36 Å². The number of oxazole rings is 1. The summed E-state index contributed by atoms with van der Waals surface area (Å²) in [5.74, 6) is -0.0392. The second kappa shape index (κ2) is 5.44. The van der Waals surface area contributed by atoms with Gasteiger partial charge in [0.2, 0.25) is 5.89 Å². The zero-order valence-electron chi connectivity index (χ0n) is 11.8. The molecule has 0 spiro atoms. The lowest BCUT2D eigenvalue weighted by molar-refractivity contribution is 0.569. The molecule has 0 saturated carbocycles. The van der Waals surface area contributed by atoms with E-state index in [1.54, 1.807) is 18.2 Å². The number of thiophene rings is 1. The zero-order chi connectivity index (χ0) is 15.8. The molecule has 0 saturated heterocycles. The molecule has 0 radical (unpaired) electrons. The van der Waals surface area contributed by atoms with Crippen LogP contribution in [0.1, 0.15) is 5.69 Å². The van der Waals surface area contributed by atoms with Gasteiger partial charge in [0, 0.05) is 5.56 Å². The Kier molecular flexibility index (Phi) is 3.27. The van der Waals surface area contributed by atoms with Crippen LogP contribution in [0.5, 0.6) is 0 Å². The van der Waals surface area contributed by atoms with Crippen molar-refractivity contribution in [2.24, 2.45) is 0 Å². The standard InChI is InChI=1S/C16H10FN3O2S/c17-11-3-1-2-10(6-11)14-19-12(8-22-14)7-20-9-18-15-13(16(20)21)4-5-23-15/h1-6,8-9H,7H2. The van der Waals surface area contributed by atoms with Gasteiger partial charge < -0.3 is 4.42 Å². The Bertz CT molecular complexity index is 1050. The summed E-state index contributed by atoms with van der Waals surface area (Å²) in [4.78, 5) is 21.6. The van der Waals surface area contributed by atoms with E-state index in [4.69, 9.17) is 4.42 Å². The number of aromatic nitrogens is 3. The van der Waals surface area contributed by atoms with Crippen molar-refractivity contribution < 1.29 is 8.81 Å². The SMILES string of the molecule is O=c1c2ccsc2ncn1Cc1coc(-c2cccc(F)c2)n1. The Morgan fingerprint density at radius 3 is 3.09 bits per heavy atom. The van der Waals surface area contributed by atoms with E-state index in [0.717, 1.165) is 0 Å². The number of nitrogens with zero attached hydrogens (tertiary/aromatic N) is 3. The predicted octanol–water partition coefficient (Wildman–Crippen LogP) is 3.30. The second-order valence-electron chi connectivity index (χ2n) is 4.97. The molecule has 0 fully saturated rings. The first kappa shape index (κ1) is 13.8. The molecular formula is C16H10FN3O2S. The molecule has 23 heavy (non-hydrogen) atoms. The van der Waals surface area contributed by atoms with Gasteiger partial charge in [0.15, 0.2) is 0 Å². The van der Waals surface area contributed by atoms with E-state index in [-0.39, 0.29) is 17.9 Å². The maximum Gasteiger partial charge on any atom is 0.262 e. The lowest BCUT2D eigenvalue weighted by atomic mass is 10.2. The summed E-state index contributed by atoms with van der Waals surface area (Å²) in [5.41, 5.74) is 1.00. The van der Waals surface area contributed by atoms with Gasteiger partial charge in [-0.15, -0.1) is 11.3 Å². The Labute approximate surface area is 133 Å². The first-order valence-electron chi connectivity index (χ1n) is 6.84. The van der Waals surface area contributed by atoms with Crippen molar-refractivity contribution in [2.45, 2.75) is 6.54 Å². The van der Waals surface area contributed by atoms with E-state index in [1.165, 1.54) is 40.6 Å². The molecule has 0 amide bonds. The number of hydrogen-bond donors (Lipinski definition) is 0. The molecule has 3 heterocycles. The van der Waals surface area contributed by atoms with Gasteiger partial charge in [-0.1, -0.05) is 6.07 Å². The fraction of sp³-hybridized carbons (Fsp3) is 0.0625. The molecule has 0 aliphatic carbocycles. The zero-order valence-corrected chi connectivity index (χ0v) is 12.6. The third-order valence-electron chi connectivity index (χ3n) is 3.41. The number of halogens is 1. The van der Waals surface area contributed by atoms with Gasteiger partial charge in [-0.25, -0.2) is 14.4 Å². The van der Waals surface area contributed by atoms with Crippen LogP contribution in [0, 0.1) is 5.82 Å². The molecule has 0 aliphatic heterocycles. The van der Waals surface area contributed by atoms with Crippen LogP contribution in [0.25, 0.3) is 21.7 Å². The molecule has 4 aromatic rings. The van der Waals surface area contributed by atoms with Gasteiger partial charge in [-0.05, 0) is 29.6 Å². The highest BCUT2D eigenvalue weighted by atomic mass is 32.1. The van der Waals surface area contributed by atoms with E-state index in [0.29, 0.717) is 27.4 Å². The van der Waals surface area contributed by atoms with E-state index >= 15 is 0 Å². The predicted molar refractivity (Wildman–Crippen MR) is 84.9 cm³/mol. The van der Waals surface area contributed by atoms with Crippen LogP contribution in [0.3, 0.4) is 0 Å². The number of benzene rings is 1. The van der Waals surface area contributed by atoms with Crippen molar-refractivity contribution in [3.8, 4) is 11.5 Å². The summed E-state index contributed by atoms with van der Waals surface area (Å²) in [5, 5.41) is 2.42. The number of fused-ring (bicyclic) bond motifs is 1. The Morgan fingerprint density at radius 2 is 2.22 bits per heavy atom. The quantitative estimate of drug-likeness (QED) is 0.579. The van der Waals surface area contributed by atoms with Gasteiger partial charge >= 0.3 is 0 Å². The number of hydrogen-bond acceptors (Lipinski definition) is 5. The minimum atomic E-state index is -0.356. The van der Waals surface area contributed by atoms with Crippen LogP contribution in [-0.4, -0.2) is 14.5 Å². The molecule has 4 rings (SSSR count). The van der Waals surface area contributed by atoms with Crippen LogP contribution < -0.4 is 5.56 Å². The van der Waals surface area contributed by atoms with Gasteiger partial charge in [0.25, 0.3) is 5.56 Å². The molecular weight excluding hydrogens is 317 g/mol. The van der Waals surface area contributed by atoms with E-state index in [1.807, 2.05) is 5.38 Å². The lowest BCUT2D eigenvalue weighted by Gasteiger charge is -2.01. The van der Waals surface area contributed by atoms with Crippen LogP contribution >= 0.6 is 11.3 Å². The van der Waals surface area contributed by atoms with Gasteiger partial charge in [-0.2, -0.15) is 0 Å². The summed E-state index contributed by atoms with van der Waals surface area (Å²) in [6.45, 7) is 0.246. The van der Waals surface area contributed by atoms with Crippen molar-refractivity contribution in [3.63, 3.8) is 0 Å². The average Bonchev–Trinajstić information content (AvgIpc) is 3.20. The molecule has 5 nitrogen and oxygen atoms in total. The molecule has 0 bridgehead atoms. The lowest BCUT2D eigenvalue weighted by Crippen LogP contribution is -2.20. The summed E-state index contributed by atoms with van der Waals surface area (Å²) in [7, 11) is 0. The summed E-state index contributed by atoms with van der Waals surface area (Å²) < 4.78 is 20.1. The molecule has 0 atom stereocenters. The molecule has 0 unspecified atom stereocenters. The highest BCUT2D eigenvalue weighted by Crippen LogP contribution is 2.20. The van der Waals surface area contributed by atoms with Crippen molar-refractivity contribution >= 4 is 21.6 Å². The molecule has 0 aliphatic rings. The third-order valence-corrected chi connectivity index (χ3v) is 4.23. The third kappa shape index (κ3) is 2.55. The molecule has 7 heteroatoms. The monoisotopic (exact) mass is 327 g/mol. The minimum Gasteiger partial charge on any atom is -0.444 e. The average molecular weight is 327 g/mol. The fourth-order valence-corrected chi connectivity index (χ4v) is 3.04. The molecule has 0 N–H and O–H groups in total. The Morgan fingerprint density at radius 1 is 1.30 bits per heavy atom. The molecule has 114 valence electrons. The Hall–Kier alpha value is -2.80. The van der Waals surface area contributed by atoms with E-state index in [2.05, 4.69) is 9.97 Å². The highest BCUT2D eigenvalue weighted by molar-refractivity contribution is 7.16. The minimum absolute atomic E-state index is 0.119. The fourth-order valence-electron chi connectivity index (χ4n) is 2.31. The van der Waals surface area contributed by atoms with Crippen molar-refractivity contribution in [2.75, 3.05) is 0 Å². The topological polar surface area (TPSA) is 60.9 Å². The first-order valence-corrected chi connectivity index (χ1v) is 7.72. The van der Waals surface area contributed by atoms with Crippen LogP contribution in [0.2, 0.25) is 0 Å². The normalized spacial score (nSPS) is 11.2. The summed E-state index contributed by atoms with van der Waals surface area (Å²) >= 11 is 1.43. The van der Waals surface area contributed by atoms with Crippen molar-refractivity contribution in [3.05, 3.63) is 70.2 Å². The smallest absolute Gasteiger partial charge is 0.262 e. The Balaban J connectivity index is 1.66. The van der Waals surface area contributed by atoms with E-state index in [9.17, 15) is 9.18 Å². The molecule has 3 aromatic heterocycles. The highest BCUT2D eigenvalue weighted by Gasteiger charge is 2.10. The summed E-state index contributed by atoms with van der Waals surface area (Å²) in [6, 6.07) is 7.76. The maximum atomic E-state index is 13.3. The first-order chi connectivity index (χ1) is 11.2. The largest absolute Gasteiger partial charge is 0.444 e. The summed E-state index contributed by atoms with van der Waals surface area (Å²) in [6.07, 6.45) is 2.96. The molecule has 1 aromatic carbocycles. The van der Waals surface area contributed by atoms with Crippen LogP contribution in [0.4, 0.5) is 4.39 Å². The maximum absolute atomic E-state index is 13.3. The second-order valence-corrected chi connectivity index (χ2v) is 5.87. The van der Waals surface area contributed by atoms with Crippen molar-refractivity contribution in [1.82, 2.24) is 14.5 Å². The van der Waals surface area contributed by atoms with Gasteiger partial charge in [0.05, 0.1) is 24.0 Å². The number of rotatable bonds is 3. The van der Waals surface area contributed by atoms with Crippen LogP contribution in [0.15, 0.2) is 57.5 Å². The van der Waals surface area contributed by atoms with Crippen molar-refractivity contribution in [1.29, 1.82) is 0 Å². The van der Waals surface area contributed by atoms with E-state index < -0.39 is 0 Å². The van der Waals surface area contributed by atoms with Gasteiger partial charge in [0.1, 0.15) is 16.9 Å².